The molecule has 0 fully saturated rings. The molecule has 5 heteroatoms. The summed E-state index contributed by atoms with van der Waals surface area (Å²) in [5.74, 6) is 0.199. The molecule has 0 rings (SSSR count). The Morgan fingerprint density at radius 3 is 1.05 bits per heavy atom. The zero-order valence-corrected chi connectivity index (χ0v) is 27.9. The SMILES string of the molecule is CCCCCCCCCCCCCCCCP(CCCC)(CCCC)(CCCC)OS(=O)(=O)CCCC. The van der Waals surface area contributed by atoms with Gasteiger partial charge in [0.1, 0.15) is 0 Å². The van der Waals surface area contributed by atoms with Crippen molar-refractivity contribution in [2.24, 2.45) is 0 Å². The van der Waals surface area contributed by atoms with Gasteiger partial charge in [-0.25, -0.2) is 0 Å². The number of hydrogen-bond donors (Lipinski definition) is 0. The van der Waals surface area contributed by atoms with Gasteiger partial charge in [-0.15, -0.1) is 0 Å². The van der Waals surface area contributed by atoms with Gasteiger partial charge in [0.2, 0.25) is 0 Å². The van der Waals surface area contributed by atoms with Crippen LogP contribution in [-0.2, 0) is 14.1 Å². The fourth-order valence-corrected chi connectivity index (χ4v) is 16.3. The maximum absolute atomic E-state index is 13.3. The molecule has 0 radical (unpaired) electrons. The van der Waals surface area contributed by atoms with Gasteiger partial charge in [-0.1, -0.05) is 26.2 Å². The molecule has 37 heavy (non-hydrogen) atoms. The van der Waals surface area contributed by atoms with Gasteiger partial charge >= 0.3 is 209 Å². The zero-order valence-electron chi connectivity index (χ0n) is 26.2. The fraction of sp³-hybridized carbons (Fsp3) is 1.00. The molecule has 3 nitrogen and oxygen atoms in total. The van der Waals surface area contributed by atoms with Gasteiger partial charge in [-0.05, 0) is 0 Å². The minimum atomic E-state index is -3.46. The molecule has 0 aromatic rings. The molecule has 0 aliphatic carbocycles. The first-order chi connectivity index (χ1) is 17.8. The number of rotatable bonds is 29. The molecule has 0 N–H and O–H groups in total. The van der Waals surface area contributed by atoms with Crippen molar-refractivity contribution in [3.63, 3.8) is 0 Å². The van der Waals surface area contributed by atoms with Crippen molar-refractivity contribution in [2.75, 3.05) is 30.4 Å². The Bertz CT molecular complexity index is 581. The van der Waals surface area contributed by atoms with E-state index in [1.807, 2.05) is 0 Å². The minimum absolute atomic E-state index is 0.199. The summed E-state index contributed by atoms with van der Waals surface area (Å²) in [6, 6.07) is 0. The molecule has 0 saturated heterocycles. The second kappa shape index (κ2) is 23.1. The van der Waals surface area contributed by atoms with Crippen LogP contribution >= 0.6 is 6.83 Å². The first-order valence-electron chi connectivity index (χ1n) is 16.8. The van der Waals surface area contributed by atoms with Crippen LogP contribution in [0.2, 0.25) is 0 Å². The van der Waals surface area contributed by atoms with Crippen LogP contribution in [0.1, 0.15) is 176 Å². The molecule has 0 bridgehead atoms. The summed E-state index contributed by atoms with van der Waals surface area (Å²) in [6.07, 6.45) is 31.4. The van der Waals surface area contributed by atoms with Crippen LogP contribution in [0.3, 0.4) is 0 Å². The van der Waals surface area contributed by atoms with Crippen LogP contribution in [0.15, 0.2) is 0 Å². The summed E-state index contributed by atoms with van der Waals surface area (Å²) in [5.41, 5.74) is 0. The fourth-order valence-electron chi connectivity index (χ4n) is 5.88. The summed E-state index contributed by atoms with van der Waals surface area (Å²) in [4.78, 5) is 0. The molecule has 0 spiro atoms. The molecule has 0 aromatic heterocycles. The van der Waals surface area contributed by atoms with E-state index < -0.39 is 16.9 Å². The van der Waals surface area contributed by atoms with E-state index in [1.54, 1.807) is 0 Å². The molecule has 0 aromatic carbocycles. The summed E-state index contributed by atoms with van der Waals surface area (Å²) in [5, 5.41) is 0. The van der Waals surface area contributed by atoms with E-state index in [-0.39, 0.29) is 5.75 Å². The first kappa shape index (κ1) is 37.3. The van der Waals surface area contributed by atoms with E-state index in [4.69, 9.17) is 3.97 Å². The van der Waals surface area contributed by atoms with Crippen molar-refractivity contribution in [3.8, 4) is 0 Å². The molecule has 0 heterocycles. The second-order valence-corrected chi connectivity index (χ2v) is 19.7. The average Bonchev–Trinajstić information content (AvgIpc) is 2.89. The average molecular weight is 565 g/mol. The summed E-state index contributed by atoms with van der Waals surface area (Å²) >= 11 is 0. The van der Waals surface area contributed by atoms with Crippen molar-refractivity contribution >= 4 is 16.9 Å². The van der Waals surface area contributed by atoms with Gasteiger partial charge in [0, 0.05) is 0 Å². The number of hydrogen-bond acceptors (Lipinski definition) is 3. The van der Waals surface area contributed by atoms with Gasteiger partial charge < -0.3 is 0 Å². The number of unbranched alkanes of at least 4 members (excludes halogenated alkanes) is 17. The van der Waals surface area contributed by atoms with Crippen LogP contribution in [0, 0.1) is 0 Å². The van der Waals surface area contributed by atoms with Crippen LogP contribution in [0.5, 0.6) is 0 Å². The van der Waals surface area contributed by atoms with Crippen molar-refractivity contribution in [1.29, 1.82) is 0 Å². The summed E-state index contributed by atoms with van der Waals surface area (Å²) < 4.78 is 33.2. The Balaban J connectivity index is 4.90. The van der Waals surface area contributed by atoms with Crippen LogP contribution < -0.4 is 0 Å². The standard InChI is InChI=1S/C32H69O3PS/c1-6-11-16-17-18-19-20-21-22-23-24-25-26-27-31-36(28-12-7-2,29-13-8-3,30-14-9-4)35-37(33,34)32-15-10-5/h6-32H2,1-5H3. The van der Waals surface area contributed by atoms with Crippen molar-refractivity contribution in [2.45, 2.75) is 176 Å². The van der Waals surface area contributed by atoms with Crippen LogP contribution in [-0.4, -0.2) is 38.8 Å². The van der Waals surface area contributed by atoms with E-state index in [0.717, 1.165) is 76.0 Å². The van der Waals surface area contributed by atoms with Gasteiger partial charge in [-0.3, -0.25) is 0 Å². The van der Waals surface area contributed by atoms with Gasteiger partial charge in [0.15, 0.2) is 0 Å². The van der Waals surface area contributed by atoms with Crippen molar-refractivity contribution < 1.29 is 12.4 Å². The van der Waals surface area contributed by atoms with Gasteiger partial charge in [0.05, 0.1) is 0 Å². The topological polar surface area (TPSA) is 43.4 Å². The Morgan fingerprint density at radius 1 is 0.405 bits per heavy atom. The summed E-state index contributed by atoms with van der Waals surface area (Å²) in [7, 11) is -3.46. The monoisotopic (exact) mass is 564 g/mol. The van der Waals surface area contributed by atoms with Gasteiger partial charge in [0.25, 0.3) is 0 Å². The molecule has 226 valence electrons. The van der Waals surface area contributed by atoms with E-state index in [0.29, 0.717) is 6.42 Å². The quantitative estimate of drug-likeness (QED) is 0.0670. The molecule has 0 aliphatic heterocycles. The van der Waals surface area contributed by atoms with Gasteiger partial charge in [-0.2, -0.15) is 0 Å². The van der Waals surface area contributed by atoms with Crippen molar-refractivity contribution in [3.05, 3.63) is 0 Å². The Morgan fingerprint density at radius 2 is 0.703 bits per heavy atom. The third-order valence-electron chi connectivity index (χ3n) is 8.38. The molecule has 0 amide bonds. The molecule has 0 aliphatic rings. The Kier molecular flexibility index (Phi) is 23.3. The molecule has 0 saturated carbocycles. The molecular formula is C32H69O3PS. The molecule has 0 atom stereocenters. The maximum atomic E-state index is 13.3. The van der Waals surface area contributed by atoms with E-state index in [9.17, 15) is 8.42 Å². The summed E-state index contributed by atoms with van der Waals surface area (Å²) in [6.45, 7) is 8.28. The van der Waals surface area contributed by atoms with E-state index >= 15 is 0 Å². The molecular weight excluding hydrogens is 495 g/mol. The van der Waals surface area contributed by atoms with E-state index in [2.05, 4.69) is 34.6 Å². The zero-order chi connectivity index (χ0) is 27.7. The Hall–Kier alpha value is 0.340. The van der Waals surface area contributed by atoms with Crippen LogP contribution in [0.4, 0.5) is 0 Å². The first-order valence-corrected chi connectivity index (χ1v) is 21.2. The Labute approximate surface area is 235 Å². The molecule has 0 unspecified atom stereocenters. The normalized spacial score (nSPS) is 13.6. The van der Waals surface area contributed by atoms with E-state index in [1.165, 1.54) is 83.5 Å². The predicted molar refractivity (Wildman–Crippen MR) is 171 cm³/mol. The third-order valence-corrected chi connectivity index (χ3v) is 17.6. The third kappa shape index (κ3) is 18.3. The predicted octanol–water partition coefficient (Wildman–Crippen LogP) is 11.5. The van der Waals surface area contributed by atoms with Crippen LogP contribution in [0.25, 0.3) is 0 Å². The van der Waals surface area contributed by atoms with Crippen molar-refractivity contribution in [1.82, 2.24) is 0 Å². The second-order valence-electron chi connectivity index (χ2n) is 12.1.